The van der Waals surface area contributed by atoms with Crippen LogP contribution in [0.25, 0.3) is 0 Å². The Morgan fingerprint density at radius 3 is 2.29 bits per heavy atom. The lowest BCUT2D eigenvalue weighted by Gasteiger charge is -2.17. The third-order valence-electron chi connectivity index (χ3n) is 2.66. The van der Waals surface area contributed by atoms with Crippen LogP contribution in [0.3, 0.4) is 0 Å². The van der Waals surface area contributed by atoms with Gasteiger partial charge in [-0.25, -0.2) is 4.79 Å². The Kier molecular flexibility index (Phi) is 4.10. The minimum atomic E-state index is -4.43. The molecular formula is C12H11F3N4O2. The van der Waals surface area contributed by atoms with Crippen LogP contribution >= 0.6 is 0 Å². The number of nitrogens with zero attached hydrogens (tertiary/aromatic N) is 3. The third kappa shape index (κ3) is 3.94. The van der Waals surface area contributed by atoms with E-state index in [0.717, 1.165) is 12.1 Å². The minimum Gasteiger partial charge on any atom is -0.439 e. The first-order valence-corrected chi connectivity index (χ1v) is 5.83. The molecule has 0 radical (unpaired) electrons. The molecule has 1 atom stereocenters. The number of benzene rings is 1. The Labute approximate surface area is 117 Å². The van der Waals surface area contributed by atoms with Gasteiger partial charge in [0, 0.05) is 0 Å². The first kappa shape index (κ1) is 14.8. The van der Waals surface area contributed by atoms with Gasteiger partial charge in [0.15, 0.2) is 0 Å². The van der Waals surface area contributed by atoms with Crippen LogP contribution in [0.4, 0.5) is 18.0 Å². The van der Waals surface area contributed by atoms with Crippen molar-refractivity contribution in [2.24, 2.45) is 5.73 Å². The summed E-state index contributed by atoms with van der Waals surface area (Å²) in [5, 5.41) is 7.68. The smallest absolute Gasteiger partial charge is 0.416 e. The predicted molar refractivity (Wildman–Crippen MR) is 64.9 cm³/mol. The second-order valence-electron chi connectivity index (χ2n) is 4.13. The summed E-state index contributed by atoms with van der Waals surface area (Å²) in [5.74, 6) is 0. The van der Waals surface area contributed by atoms with E-state index in [1.165, 1.54) is 29.3 Å². The van der Waals surface area contributed by atoms with Crippen molar-refractivity contribution in [3.05, 3.63) is 47.8 Å². The molecule has 0 saturated heterocycles. The van der Waals surface area contributed by atoms with E-state index in [0.29, 0.717) is 5.56 Å². The number of nitrogens with two attached hydrogens (primary N) is 1. The van der Waals surface area contributed by atoms with E-state index >= 15 is 0 Å². The maximum Gasteiger partial charge on any atom is 0.416 e. The molecule has 1 unspecified atom stereocenters. The molecule has 2 rings (SSSR count). The summed E-state index contributed by atoms with van der Waals surface area (Å²) < 4.78 is 42.4. The van der Waals surface area contributed by atoms with E-state index < -0.39 is 23.9 Å². The summed E-state index contributed by atoms with van der Waals surface area (Å²) in [6.45, 7) is 0.0430. The number of carbonyl (C=O) groups is 1. The quantitative estimate of drug-likeness (QED) is 0.937. The monoisotopic (exact) mass is 300 g/mol. The van der Waals surface area contributed by atoms with E-state index in [2.05, 4.69) is 10.2 Å². The molecule has 112 valence electrons. The Morgan fingerprint density at radius 2 is 1.81 bits per heavy atom. The van der Waals surface area contributed by atoms with Crippen LogP contribution in [0.2, 0.25) is 0 Å². The zero-order valence-corrected chi connectivity index (χ0v) is 10.6. The Morgan fingerprint density at radius 1 is 1.24 bits per heavy atom. The molecule has 2 N–H and O–H groups in total. The number of alkyl halides is 3. The SMILES string of the molecule is NC(=O)OC(Cn1nccn1)c1ccc(C(F)(F)F)cc1. The second-order valence-corrected chi connectivity index (χ2v) is 4.13. The zero-order chi connectivity index (χ0) is 15.5. The summed E-state index contributed by atoms with van der Waals surface area (Å²) in [4.78, 5) is 12.1. The fraction of sp³-hybridized carbons (Fsp3) is 0.250. The number of aromatic nitrogens is 3. The number of carbonyl (C=O) groups excluding carboxylic acids is 1. The molecule has 0 spiro atoms. The second kappa shape index (κ2) is 5.81. The number of halogens is 3. The molecule has 21 heavy (non-hydrogen) atoms. The largest absolute Gasteiger partial charge is 0.439 e. The maximum atomic E-state index is 12.5. The van der Waals surface area contributed by atoms with Crippen molar-refractivity contribution in [3.63, 3.8) is 0 Å². The first-order chi connectivity index (χ1) is 9.86. The summed E-state index contributed by atoms with van der Waals surface area (Å²) in [7, 11) is 0. The number of amides is 1. The molecule has 0 aliphatic heterocycles. The number of primary amides is 1. The van der Waals surface area contributed by atoms with E-state index in [4.69, 9.17) is 10.5 Å². The van der Waals surface area contributed by atoms with Crippen molar-refractivity contribution in [2.75, 3.05) is 0 Å². The topological polar surface area (TPSA) is 83.0 Å². The van der Waals surface area contributed by atoms with Crippen LogP contribution < -0.4 is 5.73 Å². The minimum absolute atomic E-state index is 0.0430. The van der Waals surface area contributed by atoms with Crippen molar-refractivity contribution in [1.29, 1.82) is 0 Å². The molecule has 1 aromatic heterocycles. The van der Waals surface area contributed by atoms with Gasteiger partial charge in [-0.1, -0.05) is 12.1 Å². The van der Waals surface area contributed by atoms with E-state index in [-0.39, 0.29) is 6.54 Å². The van der Waals surface area contributed by atoms with Crippen LogP contribution in [0.1, 0.15) is 17.2 Å². The van der Waals surface area contributed by atoms with Gasteiger partial charge in [-0.05, 0) is 17.7 Å². The molecule has 0 aliphatic rings. The van der Waals surface area contributed by atoms with Crippen LogP contribution in [0.15, 0.2) is 36.7 Å². The van der Waals surface area contributed by atoms with E-state index in [9.17, 15) is 18.0 Å². The van der Waals surface area contributed by atoms with Gasteiger partial charge in [0.2, 0.25) is 0 Å². The molecule has 1 amide bonds. The van der Waals surface area contributed by atoms with Crippen LogP contribution in [-0.4, -0.2) is 21.1 Å². The molecule has 0 bridgehead atoms. The van der Waals surface area contributed by atoms with Gasteiger partial charge in [-0.15, -0.1) is 0 Å². The molecule has 6 nitrogen and oxygen atoms in total. The number of rotatable bonds is 4. The molecule has 9 heteroatoms. The normalized spacial score (nSPS) is 12.9. The highest BCUT2D eigenvalue weighted by molar-refractivity contribution is 5.65. The molecule has 1 heterocycles. The molecule has 2 aromatic rings. The van der Waals surface area contributed by atoms with Crippen LogP contribution in [0, 0.1) is 0 Å². The maximum absolute atomic E-state index is 12.5. The molecule has 0 saturated carbocycles. The highest BCUT2D eigenvalue weighted by Crippen LogP contribution is 2.30. The first-order valence-electron chi connectivity index (χ1n) is 5.83. The molecule has 0 aliphatic carbocycles. The summed E-state index contributed by atoms with van der Waals surface area (Å²) in [6, 6.07) is 4.26. The van der Waals surface area contributed by atoms with Gasteiger partial charge in [-0.3, -0.25) is 0 Å². The van der Waals surface area contributed by atoms with Gasteiger partial charge in [0.05, 0.1) is 18.0 Å². The molecule has 0 fully saturated rings. The van der Waals surface area contributed by atoms with Crippen molar-refractivity contribution in [1.82, 2.24) is 15.0 Å². The summed E-state index contributed by atoms with van der Waals surface area (Å²) in [6.07, 6.45) is -3.49. The fourth-order valence-corrected chi connectivity index (χ4v) is 1.72. The van der Waals surface area contributed by atoms with Crippen molar-refractivity contribution >= 4 is 6.09 Å². The molecular weight excluding hydrogens is 289 g/mol. The lowest BCUT2D eigenvalue weighted by atomic mass is 10.1. The Bertz CT molecular complexity index is 596. The Hall–Kier alpha value is -2.58. The lowest BCUT2D eigenvalue weighted by Crippen LogP contribution is -2.22. The van der Waals surface area contributed by atoms with E-state index in [1.54, 1.807) is 0 Å². The van der Waals surface area contributed by atoms with Crippen molar-refractivity contribution in [3.8, 4) is 0 Å². The summed E-state index contributed by atoms with van der Waals surface area (Å²) in [5.41, 5.74) is 4.54. The number of ether oxygens (including phenoxy) is 1. The molecule has 1 aromatic carbocycles. The van der Waals surface area contributed by atoms with E-state index in [1.807, 2.05) is 0 Å². The highest BCUT2D eigenvalue weighted by Gasteiger charge is 2.30. The standard InChI is InChI=1S/C12H11F3N4O2/c13-12(14,15)9-3-1-8(2-4-9)10(21-11(16)20)7-19-17-5-6-18-19/h1-6,10H,7H2,(H2,16,20). The fourth-order valence-electron chi connectivity index (χ4n) is 1.72. The number of hydrogen-bond acceptors (Lipinski definition) is 4. The predicted octanol–water partition coefficient (Wildman–Crippen LogP) is 2.13. The van der Waals surface area contributed by atoms with Gasteiger partial charge in [-0.2, -0.15) is 28.2 Å². The van der Waals surface area contributed by atoms with Crippen molar-refractivity contribution < 1.29 is 22.7 Å². The van der Waals surface area contributed by atoms with Gasteiger partial charge < -0.3 is 10.5 Å². The lowest BCUT2D eigenvalue weighted by molar-refractivity contribution is -0.137. The Balaban J connectivity index is 2.22. The van der Waals surface area contributed by atoms with Gasteiger partial charge in [0.1, 0.15) is 12.6 Å². The van der Waals surface area contributed by atoms with Crippen LogP contribution in [-0.2, 0) is 17.5 Å². The highest BCUT2D eigenvalue weighted by atomic mass is 19.4. The summed E-state index contributed by atoms with van der Waals surface area (Å²) >= 11 is 0. The average Bonchev–Trinajstić information content (AvgIpc) is 2.89. The zero-order valence-electron chi connectivity index (χ0n) is 10.6. The van der Waals surface area contributed by atoms with Crippen molar-refractivity contribution in [2.45, 2.75) is 18.8 Å². The number of hydrogen-bond donors (Lipinski definition) is 1. The van der Waals surface area contributed by atoms with Gasteiger partial charge >= 0.3 is 12.3 Å². The van der Waals surface area contributed by atoms with Crippen LogP contribution in [0.5, 0.6) is 0 Å². The third-order valence-corrected chi connectivity index (χ3v) is 2.66. The average molecular weight is 300 g/mol. The van der Waals surface area contributed by atoms with Gasteiger partial charge in [0.25, 0.3) is 0 Å².